The van der Waals surface area contributed by atoms with E-state index >= 15 is 0 Å². The Morgan fingerprint density at radius 3 is 1.81 bits per heavy atom. The van der Waals surface area contributed by atoms with Gasteiger partial charge in [-0.2, -0.15) is 0 Å². The lowest BCUT2D eigenvalue weighted by Gasteiger charge is -2.47. The molecule has 0 aliphatic rings. The van der Waals surface area contributed by atoms with Crippen LogP contribution in [-0.4, -0.2) is 53.7 Å². The number of ether oxygens (including phenoxy) is 3. The molecule has 6 heteroatoms. The van der Waals surface area contributed by atoms with Crippen molar-refractivity contribution in [1.29, 1.82) is 0 Å². The van der Waals surface area contributed by atoms with Crippen LogP contribution in [-0.2, 0) is 30.0 Å². The van der Waals surface area contributed by atoms with E-state index in [0.717, 1.165) is 25.5 Å². The number of carbonyl (C=O) groups is 1. The summed E-state index contributed by atoms with van der Waals surface area (Å²) in [6, 6.07) is 10.3. The minimum absolute atomic E-state index is 0.0439. The van der Waals surface area contributed by atoms with Crippen molar-refractivity contribution in [3.63, 3.8) is 0 Å². The maximum absolute atomic E-state index is 11.2. The topological polar surface area (TPSA) is 54.0 Å². The molecule has 0 spiro atoms. The van der Waals surface area contributed by atoms with E-state index in [0.29, 0.717) is 36.3 Å². The quantitative estimate of drug-likeness (QED) is 0.0965. The van der Waals surface area contributed by atoms with E-state index in [2.05, 4.69) is 67.5 Å². The third-order valence-electron chi connectivity index (χ3n) is 8.37. The fourth-order valence-electron chi connectivity index (χ4n) is 6.17. The first-order valence-electron chi connectivity index (χ1n) is 14.3. The normalized spacial score (nSPS) is 16.7. The van der Waals surface area contributed by atoms with E-state index < -0.39 is 8.32 Å². The largest absolute Gasteiger partial charge is 0.413 e. The molecular formula is C31H56O5Si. The van der Waals surface area contributed by atoms with Gasteiger partial charge in [-0.25, -0.2) is 0 Å². The van der Waals surface area contributed by atoms with Crippen LogP contribution in [0.15, 0.2) is 30.3 Å². The van der Waals surface area contributed by atoms with Gasteiger partial charge in [0.05, 0.1) is 24.9 Å². The van der Waals surface area contributed by atoms with Crippen molar-refractivity contribution >= 4 is 14.6 Å². The second-order valence-electron chi connectivity index (χ2n) is 11.7. The summed E-state index contributed by atoms with van der Waals surface area (Å²) in [4.78, 5) is 11.2. The lowest BCUT2D eigenvalue weighted by atomic mass is 9.88. The SMILES string of the molecule is CO[C@@H](CC=O)[C@@H](C)CC[C@H](O[Si](C(C)C)(C(C)C)C(C)C)[C@H](C)[C@@H](CCOCc1ccccc1)OC. The summed E-state index contributed by atoms with van der Waals surface area (Å²) in [6.07, 6.45) is 4.16. The molecule has 0 saturated carbocycles. The number of aldehydes is 1. The molecule has 0 unspecified atom stereocenters. The zero-order valence-electron chi connectivity index (χ0n) is 25.4. The lowest BCUT2D eigenvalue weighted by Crippen LogP contribution is -2.52. The van der Waals surface area contributed by atoms with Crippen LogP contribution in [0.25, 0.3) is 0 Å². The Morgan fingerprint density at radius 1 is 0.757 bits per heavy atom. The van der Waals surface area contributed by atoms with Gasteiger partial charge in [-0.15, -0.1) is 0 Å². The van der Waals surface area contributed by atoms with Crippen molar-refractivity contribution in [2.24, 2.45) is 11.8 Å². The minimum atomic E-state index is -2.09. The summed E-state index contributed by atoms with van der Waals surface area (Å²) in [5.74, 6) is 0.490. The van der Waals surface area contributed by atoms with E-state index in [9.17, 15) is 4.79 Å². The van der Waals surface area contributed by atoms with Crippen molar-refractivity contribution in [2.45, 2.75) is 123 Å². The molecule has 37 heavy (non-hydrogen) atoms. The molecule has 5 nitrogen and oxygen atoms in total. The van der Waals surface area contributed by atoms with Gasteiger partial charge in [0.25, 0.3) is 0 Å². The Bertz CT molecular complexity index is 702. The van der Waals surface area contributed by atoms with Gasteiger partial charge in [0, 0.05) is 33.2 Å². The van der Waals surface area contributed by atoms with E-state index in [4.69, 9.17) is 18.6 Å². The Kier molecular flexibility index (Phi) is 16.1. The molecule has 0 N–H and O–H groups in total. The van der Waals surface area contributed by atoms with Crippen molar-refractivity contribution in [2.75, 3.05) is 20.8 Å². The fourth-order valence-corrected chi connectivity index (χ4v) is 11.8. The average molecular weight is 537 g/mol. The number of rotatable bonds is 20. The third-order valence-corrected chi connectivity index (χ3v) is 14.5. The number of benzene rings is 1. The predicted molar refractivity (Wildman–Crippen MR) is 156 cm³/mol. The van der Waals surface area contributed by atoms with Crippen molar-refractivity contribution in [3.05, 3.63) is 35.9 Å². The highest BCUT2D eigenvalue weighted by Crippen LogP contribution is 2.44. The zero-order valence-corrected chi connectivity index (χ0v) is 26.4. The van der Waals surface area contributed by atoms with Crippen LogP contribution in [0.2, 0.25) is 16.6 Å². The molecule has 5 atom stereocenters. The Morgan fingerprint density at radius 2 is 1.32 bits per heavy atom. The molecule has 0 saturated heterocycles. The van der Waals surface area contributed by atoms with Crippen LogP contribution in [0.4, 0.5) is 0 Å². The molecular weight excluding hydrogens is 480 g/mol. The van der Waals surface area contributed by atoms with E-state index in [1.54, 1.807) is 14.2 Å². The fraction of sp³-hybridized carbons (Fsp3) is 0.774. The minimum Gasteiger partial charge on any atom is -0.413 e. The molecule has 1 rings (SSSR count). The molecule has 0 radical (unpaired) electrons. The highest BCUT2D eigenvalue weighted by atomic mass is 28.4. The van der Waals surface area contributed by atoms with Crippen molar-refractivity contribution < 1.29 is 23.4 Å². The molecule has 0 bridgehead atoms. The molecule has 0 aromatic heterocycles. The maximum Gasteiger partial charge on any atom is 0.200 e. The second kappa shape index (κ2) is 17.5. The van der Waals surface area contributed by atoms with Crippen molar-refractivity contribution in [1.82, 2.24) is 0 Å². The Hall–Kier alpha value is -1.05. The Labute approximate surface area is 229 Å². The van der Waals surface area contributed by atoms with Crippen LogP contribution in [0.5, 0.6) is 0 Å². The van der Waals surface area contributed by atoms with Gasteiger partial charge in [0.2, 0.25) is 8.32 Å². The molecule has 214 valence electrons. The molecule has 0 aliphatic carbocycles. The van der Waals surface area contributed by atoms with Gasteiger partial charge >= 0.3 is 0 Å². The smallest absolute Gasteiger partial charge is 0.200 e. The van der Waals surface area contributed by atoms with E-state index in [1.165, 1.54) is 5.56 Å². The molecule has 1 aromatic carbocycles. The maximum atomic E-state index is 11.2. The molecule has 1 aromatic rings. The summed E-state index contributed by atoms with van der Waals surface area (Å²) in [5.41, 5.74) is 2.72. The number of hydrogen-bond donors (Lipinski definition) is 0. The van der Waals surface area contributed by atoms with Crippen LogP contribution < -0.4 is 0 Å². The van der Waals surface area contributed by atoms with Gasteiger partial charge in [0.1, 0.15) is 6.29 Å². The number of carbonyl (C=O) groups excluding carboxylic acids is 1. The van der Waals surface area contributed by atoms with Crippen LogP contribution in [0.3, 0.4) is 0 Å². The van der Waals surface area contributed by atoms with Crippen LogP contribution in [0, 0.1) is 11.8 Å². The second-order valence-corrected chi connectivity index (χ2v) is 17.1. The van der Waals surface area contributed by atoms with Gasteiger partial charge in [-0.3, -0.25) is 0 Å². The van der Waals surface area contributed by atoms with Crippen LogP contribution in [0.1, 0.15) is 86.6 Å². The number of hydrogen-bond acceptors (Lipinski definition) is 5. The molecule has 0 fully saturated rings. The van der Waals surface area contributed by atoms with E-state index in [1.807, 2.05) is 18.2 Å². The standard InChI is InChI=1S/C31H56O5Si/c1-23(2)37(24(3)4,25(5)6)36-31(17-16-26(7)29(33-9)18-20-32)27(8)30(34-10)19-21-35-22-28-14-12-11-13-15-28/h11-15,20,23-27,29-31H,16-19,21-22H2,1-10H3/t26-,27+,29-,30+,31-/m0/s1. The summed E-state index contributed by atoms with van der Waals surface area (Å²) in [6.45, 7) is 19.8. The van der Waals surface area contributed by atoms with Gasteiger partial charge in [-0.05, 0) is 47.4 Å². The third kappa shape index (κ3) is 10.2. The summed E-state index contributed by atoms with van der Waals surface area (Å²) >= 11 is 0. The molecule has 0 aliphatic heterocycles. The zero-order chi connectivity index (χ0) is 28.0. The first-order valence-corrected chi connectivity index (χ1v) is 16.5. The Balaban J connectivity index is 3.05. The average Bonchev–Trinajstić information content (AvgIpc) is 2.86. The first-order chi connectivity index (χ1) is 17.5. The molecule has 0 heterocycles. The predicted octanol–water partition coefficient (Wildman–Crippen LogP) is 7.83. The van der Waals surface area contributed by atoms with Crippen LogP contribution >= 0.6 is 0 Å². The highest BCUT2D eigenvalue weighted by molar-refractivity contribution is 6.77. The van der Waals surface area contributed by atoms with Crippen molar-refractivity contribution in [3.8, 4) is 0 Å². The molecule has 0 amide bonds. The van der Waals surface area contributed by atoms with E-state index in [-0.39, 0.29) is 30.1 Å². The summed E-state index contributed by atoms with van der Waals surface area (Å²) < 4.78 is 25.0. The van der Waals surface area contributed by atoms with Gasteiger partial charge in [-0.1, -0.05) is 85.7 Å². The summed E-state index contributed by atoms with van der Waals surface area (Å²) in [5, 5.41) is 0. The first kappa shape index (κ1) is 34.0. The van der Waals surface area contributed by atoms with Gasteiger partial charge in [0.15, 0.2) is 0 Å². The highest BCUT2D eigenvalue weighted by Gasteiger charge is 2.47. The number of methoxy groups -OCH3 is 2. The summed E-state index contributed by atoms with van der Waals surface area (Å²) in [7, 11) is 1.42. The van der Waals surface area contributed by atoms with Gasteiger partial charge < -0.3 is 23.4 Å². The monoisotopic (exact) mass is 536 g/mol. The lowest BCUT2D eigenvalue weighted by molar-refractivity contribution is -0.110.